The van der Waals surface area contributed by atoms with E-state index in [-0.39, 0.29) is 0 Å². The molecule has 138 valence electrons. The number of fused-ring (bicyclic) bond motifs is 1. The molecule has 6 nitrogen and oxygen atoms in total. The molecule has 0 saturated carbocycles. The van der Waals surface area contributed by atoms with Crippen molar-refractivity contribution >= 4 is 15.5 Å². The van der Waals surface area contributed by atoms with E-state index >= 15 is 0 Å². The first-order valence-corrected chi connectivity index (χ1v) is 9.96. The predicted octanol–water partition coefficient (Wildman–Crippen LogP) is 2.87. The van der Waals surface area contributed by atoms with Crippen LogP contribution in [0.1, 0.15) is 23.4 Å². The predicted molar refractivity (Wildman–Crippen MR) is 101 cm³/mol. The molecular formula is C19H23N3O3S. The molecule has 26 heavy (non-hydrogen) atoms. The standard InChI is InChI=1S/C19H23N3O3S/c1-14-11-17(25-3)12-15(2)19(14)26(23,24)21-9-6-8-18-20-13-16-7-4-5-10-22(16)18/h4-5,7,10-13,21H,6,8-9H2,1-3H3. The van der Waals surface area contributed by atoms with Gasteiger partial charge in [0.2, 0.25) is 10.0 Å². The van der Waals surface area contributed by atoms with Crippen LogP contribution in [0.2, 0.25) is 0 Å². The summed E-state index contributed by atoms with van der Waals surface area (Å²) < 4.78 is 35.3. The third kappa shape index (κ3) is 3.73. The Hall–Kier alpha value is -2.38. The molecule has 3 rings (SSSR count). The van der Waals surface area contributed by atoms with E-state index in [1.807, 2.05) is 35.0 Å². The number of imidazole rings is 1. The highest BCUT2D eigenvalue weighted by Gasteiger charge is 2.20. The molecule has 0 fully saturated rings. The Balaban J connectivity index is 1.66. The molecule has 0 atom stereocenters. The zero-order valence-corrected chi connectivity index (χ0v) is 16.0. The average Bonchev–Trinajstić information content (AvgIpc) is 3.01. The number of benzene rings is 1. The minimum atomic E-state index is -3.56. The van der Waals surface area contributed by atoms with E-state index in [2.05, 4.69) is 9.71 Å². The van der Waals surface area contributed by atoms with E-state index in [1.165, 1.54) is 0 Å². The van der Waals surface area contributed by atoms with Gasteiger partial charge in [-0.3, -0.25) is 0 Å². The van der Waals surface area contributed by atoms with Crippen molar-refractivity contribution in [2.75, 3.05) is 13.7 Å². The maximum absolute atomic E-state index is 12.7. The summed E-state index contributed by atoms with van der Waals surface area (Å²) in [4.78, 5) is 4.73. The lowest BCUT2D eigenvalue weighted by atomic mass is 10.1. The first-order valence-electron chi connectivity index (χ1n) is 8.48. The van der Waals surface area contributed by atoms with Crippen molar-refractivity contribution in [3.8, 4) is 5.75 Å². The van der Waals surface area contributed by atoms with Gasteiger partial charge in [-0.2, -0.15) is 0 Å². The van der Waals surface area contributed by atoms with Gasteiger partial charge in [-0.1, -0.05) is 6.07 Å². The number of nitrogens with one attached hydrogen (secondary N) is 1. The van der Waals surface area contributed by atoms with Crippen molar-refractivity contribution in [2.24, 2.45) is 0 Å². The van der Waals surface area contributed by atoms with Crippen LogP contribution >= 0.6 is 0 Å². The van der Waals surface area contributed by atoms with E-state index in [0.717, 1.165) is 11.3 Å². The third-order valence-corrected chi connectivity index (χ3v) is 6.09. The van der Waals surface area contributed by atoms with Crippen LogP contribution < -0.4 is 9.46 Å². The van der Waals surface area contributed by atoms with Crippen LogP contribution in [-0.2, 0) is 16.4 Å². The lowest BCUT2D eigenvalue weighted by Gasteiger charge is -2.13. The first kappa shape index (κ1) is 18.4. The summed E-state index contributed by atoms with van der Waals surface area (Å²) in [6.45, 7) is 3.91. The maximum Gasteiger partial charge on any atom is 0.241 e. The molecule has 7 heteroatoms. The van der Waals surface area contributed by atoms with Gasteiger partial charge in [0.05, 0.1) is 23.7 Å². The Labute approximate surface area is 153 Å². The van der Waals surface area contributed by atoms with E-state index in [0.29, 0.717) is 41.2 Å². The molecule has 0 unspecified atom stereocenters. The van der Waals surface area contributed by atoms with Gasteiger partial charge in [-0.25, -0.2) is 18.1 Å². The molecule has 2 heterocycles. The fourth-order valence-electron chi connectivity index (χ4n) is 3.16. The second-order valence-electron chi connectivity index (χ2n) is 6.26. The molecule has 3 aromatic rings. The van der Waals surface area contributed by atoms with E-state index in [4.69, 9.17) is 4.74 Å². The summed E-state index contributed by atoms with van der Waals surface area (Å²) in [6.07, 6.45) is 5.15. The summed E-state index contributed by atoms with van der Waals surface area (Å²) in [6, 6.07) is 9.38. The number of methoxy groups -OCH3 is 1. The molecular weight excluding hydrogens is 350 g/mol. The molecule has 0 aliphatic rings. The van der Waals surface area contributed by atoms with Crippen LogP contribution in [0.3, 0.4) is 0 Å². The van der Waals surface area contributed by atoms with Crippen molar-refractivity contribution in [3.63, 3.8) is 0 Å². The molecule has 0 spiro atoms. The van der Waals surface area contributed by atoms with Gasteiger partial charge in [0.15, 0.2) is 0 Å². The zero-order chi connectivity index (χ0) is 18.7. The lowest BCUT2D eigenvalue weighted by Crippen LogP contribution is -2.26. The van der Waals surface area contributed by atoms with Gasteiger partial charge >= 0.3 is 0 Å². The molecule has 0 aliphatic carbocycles. The smallest absolute Gasteiger partial charge is 0.241 e. The fourth-order valence-corrected chi connectivity index (χ4v) is 4.68. The molecule has 0 bridgehead atoms. The normalized spacial score (nSPS) is 11.8. The Morgan fingerprint density at radius 1 is 1.19 bits per heavy atom. The molecule has 0 radical (unpaired) electrons. The van der Waals surface area contributed by atoms with E-state index in [1.54, 1.807) is 33.1 Å². The lowest BCUT2D eigenvalue weighted by molar-refractivity contribution is 0.413. The van der Waals surface area contributed by atoms with Crippen molar-refractivity contribution < 1.29 is 13.2 Å². The highest BCUT2D eigenvalue weighted by Crippen LogP contribution is 2.25. The maximum atomic E-state index is 12.7. The van der Waals surface area contributed by atoms with Gasteiger partial charge < -0.3 is 9.14 Å². The highest BCUT2D eigenvalue weighted by atomic mass is 32.2. The van der Waals surface area contributed by atoms with Crippen LogP contribution in [-0.4, -0.2) is 31.5 Å². The molecule has 1 aromatic carbocycles. The number of nitrogens with zero attached hydrogens (tertiary/aromatic N) is 2. The van der Waals surface area contributed by atoms with Gasteiger partial charge in [0, 0.05) is 19.2 Å². The molecule has 2 aromatic heterocycles. The summed E-state index contributed by atoms with van der Waals surface area (Å²) in [5.74, 6) is 1.58. The number of hydrogen-bond donors (Lipinski definition) is 1. The van der Waals surface area contributed by atoms with Gasteiger partial charge in [-0.15, -0.1) is 0 Å². The Kier molecular flexibility index (Phi) is 5.29. The van der Waals surface area contributed by atoms with Crippen LogP contribution in [0.15, 0.2) is 47.6 Å². The number of pyridine rings is 1. The van der Waals surface area contributed by atoms with Crippen LogP contribution in [0.25, 0.3) is 5.52 Å². The highest BCUT2D eigenvalue weighted by molar-refractivity contribution is 7.89. The minimum Gasteiger partial charge on any atom is -0.497 e. The number of aromatic nitrogens is 2. The van der Waals surface area contributed by atoms with E-state index in [9.17, 15) is 8.42 Å². The monoisotopic (exact) mass is 373 g/mol. The van der Waals surface area contributed by atoms with Gasteiger partial charge in [0.25, 0.3) is 0 Å². The summed E-state index contributed by atoms with van der Waals surface area (Å²) >= 11 is 0. The SMILES string of the molecule is COc1cc(C)c(S(=O)(=O)NCCCc2ncc3ccccn23)c(C)c1. The van der Waals surface area contributed by atoms with Crippen LogP contribution in [0.5, 0.6) is 5.75 Å². The molecule has 0 aliphatic heterocycles. The number of ether oxygens (including phenoxy) is 1. The van der Waals surface area contributed by atoms with Gasteiger partial charge in [-0.05, 0) is 55.7 Å². The summed E-state index contributed by atoms with van der Waals surface area (Å²) in [7, 11) is -1.99. The Morgan fingerprint density at radius 3 is 2.62 bits per heavy atom. The number of hydrogen-bond acceptors (Lipinski definition) is 4. The third-order valence-electron chi connectivity index (χ3n) is 4.32. The first-order chi connectivity index (χ1) is 12.4. The minimum absolute atomic E-state index is 0.324. The molecule has 1 N–H and O–H groups in total. The van der Waals surface area contributed by atoms with Crippen molar-refractivity contribution in [2.45, 2.75) is 31.6 Å². The summed E-state index contributed by atoms with van der Waals surface area (Å²) in [5.41, 5.74) is 2.38. The topological polar surface area (TPSA) is 72.7 Å². The van der Waals surface area contributed by atoms with Crippen LogP contribution in [0.4, 0.5) is 0 Å². The Bertz CT molecular complexity index is 1000. The molecule has 0 amide bonds. The van der Waals surface area contributed by atoms with Crippen molar-refractivity contribution in [1.82, 2.24) is 14.1 Å². The quantitative estimate of drug-likeness (QED) is 0.647. The van der Waals surface area contributed by atoms with E-state index < -0.39 is 10.0 Å². The van der Waals surface area contributed by atoms with Crippen LogP contribution in [0, 0.1) is 13.8 Å². The number of rotatable bonds is 7. The largest absolute Gasteiger partial charge is 0.497 e. The second kappa shape index (κ2) is 7.47. The van der Waals surface area contributed by atoms with Gasteiger partial charge in [0.1, 0.15) is 11.6 Å². The Morgan fingerprint density at radius 2 is 1.92 bits per heavy atom. The fraction of sp³-hybridized carbons (Fsp3) is 0.316. The number of aryl methyl sites for hydroxylation is 3. The molecule has 0 saturated heterocycles. The average molecular weight is 373 g/mol. The zero-order valence-electron chi connectivity index (χ0n) is 15.2. The summed E-state index contributed by atoms with van der Waals surface area (Å²) in [5, 5.41) is 0. The van der Waals surface area contributed by atoms with Crippen molar-refractivity contribution in [3.05, 3.63) is 59.7 Å². The number of sulfonamides is 1. The van der Waals surface area contributed by atoms with Crippen molar-refractivity contribution in [1.29, 1.82) is 0 Å². The second-order valence-corrected chi connectivity index (χ2v) is 7.97.